The predicted molar refractivity (Wildman–Crippen MR) is 90.5 cm³/mol. The maximum Gasteiger partial charge on any atom is 0.256 e. The molecular formula is C16H15ClN2O2S. The summed E-state index contributed by atoms with van der Waals surface area (Å²) in [6.45, 7) is 1.84. The summed E-state index contributed by atoms with van der Waals surface area (Å²) in [5, 5.41) is 3.43. The number of benzene rings is 2. The molecule has 4 nitrogen and oxygen atoms in total. The van der Waals surface area contributed by atoms with Crippen LogP contribution in [0.25, 0.3) is 0 Å². The summed E-state index contributed by atoms with van der Waals surface area (Å²) in [4.78, 5) is 24.1. The molecule has 0 saturated carbocycles. The summed E-state index contributed by atoms with van der Waals surface area (Å²) in [6, 6.07) is 12.4. The smallest absolute Gasteiger partial charge is 0.256 e. The summed E-state index contributed by atoms with van der Waals surface area (Å²) in [7, 11) is 0. The molecule has 0 fully saturated rings. The number of thioether (sulfide) groups is 1. The van der Waals surface area contributed by atoms with Crippen molar-refractivity contribution in [1.29, 1.82) is 0 Å². The van der Waals surface area contributed by atoms with Crippen molar-refractivity contribution >= 4 is 40.9 Å². The highest BCUT2D eigenvalue weighted by atomic mass is 35.5. The Kier molecular flexibility index (Phi) is 5.46. The SMILES string of the molecule is Cc1c(Cl)cccc1NC(=O)c1ccccc1SCC(N)=O. The van der Waals surface area contributed by atoms with E-state index in [1.807, 2.05) is 13.0 Å². The quantitative estimate of drug-likeness (QED) is 0.822. The van der Waals surface area contributed by atoms with E-state index >= 15 is 0 Å². The van der Waals surface area contributed by atoms with Gasteiger partial charge in [-0.05, 0) is 36.8 Å². The van der Waals surface area contributed by atoms with Gasteiger partial charge in [0.25, 0.3) is 5.91 Å². The van der Waals surface area contributed by atoms with Crippen molar-refractivity contribution in [2.75, 3.05) is 11.1 Å². The van der Waals surface area contributed by atoms with Crippen molar-refractivity contribution in [3.05, 3.63) is 58.6 Å². The molecule has 0 unspecified atom stereocenters. The van der Waals surface area contributed by atoms with Crippen molar-refractivity contribution in [1.82, 2.24) is 0 Å². The number of primary amides is 1. The molecule has 0 radical (unpaired) electrons. The molecule has 3 N–H and O–H groups in total. The zero-order chi connectivity index (χ0) is 16.1. The molecule has 0 spiro atoms. The summed E-state index contributed by atoms with van der Waals surface area (Å²) in [6.07, 6.45) is 0. The van der Waals surface area contributed by atoms with Crippen molar-refractivity contribution in [3.8, 4) is 0 Å². The standard InChI is InChI=1S/C16H15ClN2O2S/c1-10-12(17)6-4-7-13(10)19-16(21)11-5-2-3-8-14(11)22-9-15(18)20/h2-8H,9H2,1H3,(H2,18,20)(H,19,21). The summed E-state index contributed by atoms with van der Waals surface area (Å²) in [5.41, 5.74) is 7.11. The van der Waals surface area contributed by atoms with E-state index in [9.17, 15) is 9.59 Å². The molecule has 0 aliphatic rings. The first kappa shape index (κ1) is 16.4. The fourth-order valence-corrected chi connectivity index (χ4v) is 2.82. The Balaban J connectivity index is 2.22. The van der Waals surface area contributed by atoms with E-state index in [4.69, 9.17) is 17.3 Å². The van der Waals surface area contributed by atoms with Gasteiger partial charge in [0.15, 0.2) is 0 Å². The van der Waals surface area contributed by atoms with Gasteiger partial charge >= 0.3 is 0 Å². The maximum atomic E-state index is 12.5. The Morgan fingerprint density at radius 3 is 2.64 bits per heavy atom. The first-order valence-electron chi connectivity index (χ1n) is 6.55. The van der Waals surface area contributed by atoms with E-state index in [0.717, 1.165) is 5.56 Å². The summed E-state index contributed by atoms with van der Waals surface area (Å²) in [5.74, 6) is -0.552. The molecule has 6 heteroatoms. The van der Waals surface area contributed by atoms with Gasteiger partial charge in [-0.2, -0.15) is 0 Å². The van der Waals surface area contributed by atoms with Crippen LogP contribution in [0.2, 0.25) is 5.02 Å². The second-order valence-electron chi connectivity index (χ2n) is 4.62. The highest BCUT2D eigenvalue weighted by molar-refractivity contribution is 8.00. The third-order valence-electron chi connectivity index (χ3n) is 3.02. The zero-order valence-electron chi connectivity index (χ0n) is 11.9. The van der Waals surface area contributed by atoms with Gasteiger partial charge in [-0.15, -0.1) is 11.8 Å². The average Bonchev–Trinajstić information content (AvgIpc) is 2.50. The van der Waals surface area contributed by atoms with Crippen LogP contribution in [0.1, 0.15) is 15.9 Å². The number of carbonyl (C=O) groups is 2. The third kappa shape index (κ3) is 4.02. The minimum absolute atomic E-state index is 0.125. The largest absolute Gasteiger partial charge is 0.369 e. The number of nitrogens with two attached hydrogens (primary N) is 1. The molecule has 2 amide bonds. The second-order valence-corrected chi connectivity index (χ2v) is 6.04. The number of amides is 2. The van der Waals surface area contributed by atoms with Crippen LogP contribution in [0.5, 0.6) is 0 Å². The Hall–Kier alpha value is -1.98. The first-order valence-corrected chi connectivity index (χ1v) is 7.92. The first-order chi connectivity index (χ1) is 10.5. The molecule has 2 aromatic rings. The molecule has 2 aromatic carbocycles. The summed E-state index contributed by atoms with van der Waals surface area (Å²) >= 11 is 7.29. The maximum absolute atomic E-state index is 12.5. The van der Waals surface area contributed by atoms with Crippen molar-refractivity contribution in [2.45, 2.75) is 11.8 Å². The van der Waals surface area contributed by atoms with Crippen LogP contribution in [0.4, 0.5) is 5.69 Å². The molecule has 2 rings (SSSR count). The molecule has 0 saturated heterocycles. The topological polar surface area (TPSA) is 72.2 Å². The lowest BCUT2D eigenvalue weighted by atomic mass is 10.1. The van der Waals surface area contributed by atoms with Crippen LogP contribution in [0.3, 0.4) is 0 Å². The van der Waals surface area contributed by atoms with E-state index in [1.54, 1.807) is 36.4 Å². The molecule has 0 aliphatic heterocycles. The fourth-order valence-electron chi connectivity index (χ4n) is 1.86. The monoisotopic (exact) mass is 334 g/mol. The molecule has 22 heavy (non-hydrogen) atoms. The lowest BCUT2D eigenvalue weighted by molar-refractivity contribution is -0.115. The zero-order valence-corrected chi connectivity index (χ0v) is 13.5. The van der Waals surface area contributed by atoms with Crippen LogP contribution in [0.15, 0.2) is 47.4 Å². The van der Waals surface area contributed by atoms with Crippen LogP contribution in [-0.4, -0.2) is 17.6 Å². The third-order valence-corrected chi connectivity index (χ3v) is 4.52. The van der Waals surface area contributed by atoms with E-state index < -0.39 is 5.91 Å². The van der Waals surface area contributed by atoms with Gasteiger partial charge in [0.1, 0.15) is 0 Å². The highest BCUT2D eigenvalue weighted by Gasteiger charge is 2.13. The lowest BCUT2D eigenvalue weighted by Gasteiger charge is -2.12. The van der Waals surface area contributed by atoms with Gasteiger partial charge in [-0.3, -0.25) is 9.59 Å². The summed E-state index contributed by atoms with van der Waals surface area (Å²) < 4.78 is 0. The van der Waals surface area contributed by atoms with Gasteiger partial charge in [-0.1, -0.05) is 29.8 Å². The number of hydrogen-bond acceptors (Lipinski definition) is 3. The van der Waals surface area contributed by atoms with Crippen LogP contribution in [-0.2, 0) is 4.79 Å². The molecule has 0 heterocycles. The van der Waals surface area contributed by atoms with E-state index in [2.05, 4.69) is 5.32 Å². The van der Waals surface area contributed by atoms with E-state index in [-0.39, 0.29) is 11.7 Å². The molecule has 0 bridgehead atoms. The van der Waals surface area contributed by atoms with Gasteiger partial charge < -0.3 is 11.1 Å². The van der Waals surface area contributed by atoms with Crippen molar-refractivity contribution < 1.29 is 9.59 Å². The number of halogens is 1. The minimum atomic E-state index is -0.425. The number of hydrogen-bond donors (Lipinski definition) is 2. The van der Waals surface area contributed by atoms with Gasteiger partial charge in [0.05, 0.1) is 11.3 Å². The van der Waals surface area contributed by atoms with Crippen LogP contribution in [0, 0.1) is 6.92 Å². The normalized spacial score (nSPS) is 10.3. The Labute approximate surface area is 138 Å². The Morgan fingerprint density at radius 2 is 1.91 bits per heavy atom. The molecule has 0 aliphatic carbocycles. The van der Waals surface area contributed by atoms with E-state index in [0.29, 0.717) is 21.2 Å². The van der Waals surface area contributed by atoms with Gasteiger partial charge in [0, 0.05) is 15.6 Å². The second kappa shape index (κ2) is 7.33. The van der Waals surface area contributed by atoms with Gasteiger partial charge in [0.2, 0.25) is 5.91 Å². The van der Waals surface area contributed by atoms with Crippen LogP contribution >= 0.6 is 23.4 Å². The highest BCUT2D eigenvalue weighted by Crippen LogP contribution is 2.26. The Morgan fingerprint density at radius 1 is 1.18 bits per heavy atom. The van der Waals surface area contributed by atoms with Crippen molar-refractivity contribution in [3.63, 3.8) is 0 Å². The molecule has 114 valence electrons. The Bertz CT molecular complexity index is 719. The fraction of sp³-hybridized carbons (Fsp3) is 0.125. The number of nitrogens with one attached hydrogen (secondary N) is 1. The number of rotatable bonds is 5. The van der Waals surface area contributed by atoms with Gasteiger partial charge in [-0.25, -0.2) is 0 Å². The lowest BCUT2D eigenvalue weighted by Crippen LogP contribution is -2.16. The number of carbonyl (C=O) groups excluding carboxylic acids is 2. The van der Waals surface area contributed by atoms with Crippen LogP contribution < -0.4 is 11.1 Å². The molecule has 0 aromatic heterocycles. The molecular weight excluding hydrogens is 320 g/mol. The minimum Gasteiger partial charge on any atom is -0.369 e. The van der Waals surface area contributed by atoms with E-state index in [1.165, 1.54) is 11.8 Å². The molecule has 0 atom stereocenters. The average molecular weight is 335 g/mol. The number of anilines is 1. The predicted octanol–water partition coefficient (Wildman–Crippen LogP) is 3.48. The van der Waals surface area contributed by atoms with Crippen molar-refractivity contribution in [2.24, 2.45) is 5.73 Å².